The predicted molar refractivity (Wildman–Crippen MR) is 93.8 cm³/mol. The first-order chi connectivity index (χ1) is 11.5. The van der Waals surface area contributed by atoms with Gasteiger partial charge in [-0.1, -0.05) is 48.5 Å². The number of aryl methyl sites for hydroxylation is 1. The van der Waals surface area contributed by atoms with Crippen molar-refractivity contribution in [1.82, 2.24) is 4.57 Å². The molecule has 0 saturated carbocycles. The van der Waals surface area contributed by atoms with Gasteiger partial charge < -0.3 is 0 Å². The molecule has 0 aliphatic carbocycles. The van der Waals surface area contributed by atoms with Gasteiger partial charge in [0.2, 0.25) is 0 Å². The lowest BCUT2D eigenvalue weighted by Gasteiger charge is -2.10. The van der Waals surface area contributed by atoms with Crippen molar-refractivity contribution < 1.29 is 5.94 Å². The fraction of sp³-hybridized carbons (Fsp3) is 0.190. The maximum Gasteiger partial charge on any atom is 0.259 e. The lowest BCUT2D eigenvalue weighted by molar-refractivity contribution is -0.705. The molecule has 1 aliphatic heterocycles. The van der Waals surface area contributed by atoms with Crippen molar-refractivity contribution in [3.8, 4) is 5.69 Å². The first kappa shape index (κ1) is 12.9. The second kappa shape index (κ2) is 5.24. The highest BCUT2D eigenvalue weighted by molar-refractivity contribution is 5.53. The molecular formula is C21H21N2+. The molecule has 1 aromatic heterocycles. The molecule has 0 radical (unpaired) electrons. The Labute approximate surface area is 138 Å². The molecule has 4 rings (SSSR count). The molecule has 0 amide bonds. The van der Waals surface area contributed by atoms with Gasteiger partial charge in [0.15, 0.2) is 11.4 Å². The molecular weight excluding hydrogens is 280 g/mol. The van der Waals surface area contributed by atoms with Gasteiger partial charge in [-0.05, 0) is 30.7 Å². The summed E-state index contributed by atoms with van der Waals surface area (Å²) in [5, 5.41) is 0. The van der Waals surface area contributed by atoms with Crippen LogP contribution >= 0.6 is 0 Å². The zero-order chi connectivity index (χ0) is 16.9. The number of allylic oxidation sites excluding steroid dienone is 1. The van der Waals surface area contributed by atoms with E-state index in [-0.39, 0.29) is 0 Å². The van der Waals surface area contributed by atoms with Crippen molar-refractivity contribution in [1.29, 1.82) is 0 Å². The van der Waals surface area contributed by atoms with Gasteiger partial charge in [-0.2, -0.15) is 4.57 Å². The van der Waals surface area contributed by atoms with Crippen LogP contribution in [0.4, 0.5) is 0 Å². The third-order valence-electron chi connectivity index (χ3n) is 4.66. The number of rotatable bonds is 2. The monoisotopic (exact) mass is 302 g/mol. The van der Waals surface area contributed by atoms with Crippen LogP contribution in [0.1, 0.15) is 35.7 Å². The first-order valence-corrected chi connectivity index (χ1v) is 7.99. The van der Waals surface area contributed by atoms with Crippen LogP contribution in [0.3, 0.4) is 0 Å². The van der Waals surface area contributed by atoms with E-state index >= 15 is 0 Å². The summed E-state index contributed by atoms with van der Waals surface area (Å²) in [5.41, 5.74) is 5.67. The minimum atomic E-state index is -0.890. The summed E-state index contributed by atoms with van der Waals surface area (Å²) in [5.74, 6) is 1.07. The fourth-order valence-corrected chi connectivity index (χ4v) is 3.53. The maximum absolute atomic E-state index is 9.13. The molecule has 2 aromatic carbocycles. The Kier molecular flexibility index (Phi) is 2.93. The number of hydrogen-bond acceptors (Lipinski definition) is 0. The predicted octanol–water partition coefficient (Wildman–Crippen LogP) is 4.31. The second-order valence-corrected chi connectivity index (χ2v) is 6.06. The van der Waals surface area contributed by atoms with Gasteiger partial charge in [0.25, 0.3) is 5.82 Å². The highest BCUT2D eigenvalue weighted by Crippen LogP contribution is 2.28. The van der Waals surface area contributed by atoms with Crippen LogP contribution in [0, 0.1) is 20.8 Å². The number of nitrogens with zero attached hydrogens (tertiary/aromatic N) is 2. The second-order valence-electron chi connectivity index (χ2n) is 6.06. The van der Waals surface area contributed by atoms with E-state index in [0.717, 1.165) is 17.1 Å². The molecule has 0 saturated heterocycles. The average Bonchev–Trinajstić information content (AvgIpc) is 3.07. The fourth-order valence-electron chi connectivity index (χ4n) is 3.53. The number of hydrogen-bond donors (Lipinski definition) is 0. The number of para-hydroxylation sites is 1. The van der Waals surface area contributed by atoms with Crippen molar-refractivity contribution in [3.05, 3.63) is 89.0 Å². The summed E-state index contributed by atoms with van der Waals surface area (Å²) in [4.78, 5) is 0. The molecule has 2 heteroatoms. The molecule has 1 unspecified atom stereocenters. The minimum absolute atomic E-state index is 0.890. The van der Waals surface area contributed by atoms with Crippen molar-refractivity contribution in [2.24, 2.45) is 0 Å². The Bertz CT molecular complexity index is 953. The van der Waals surface area contributed by atoms with Gasteiger partial charge in [0.1, 0.15) is 11.7 Å². The molecule has 0 bridgehead atoms. The molecule has 0 fully saturated rings. The summed E-state index contributed by atoms with van der Waals surface area (Å²) >= 11 is 0. The Balaban J connectivity index is 1.98. The van der Waals surface area contributed by atoms with Crippen molar-refractivity contribution in [2.75, 3.05) is 0 Å². The van der Waals surface area contributed by atoms with Gasteiger partial charge in [0.05, 0.1) is 1.37 Å². The zero-order valence-corrected chi connectivity index (χ0v) is 13.7. The van der Waals surface area contributed by atoms with E-state index < -0.39 is 6.02 Å². The van der Waals surface area contributed by atoms with Crippen LogP contribution in [-0.4, -0.2) is 4.57 Å². The molecule has 2 nitrogen and oxygen atoms in total. The number of fused-ring (bicyclic) bond motifs is 1. The highest BCUT2D eigenvalue weighted by atomic mass is 15.2. The molecule has 1 aliphatic rings. The molecule has 1 atom stereocenters. The van der Waals surface area contributed by atoms with Gasteiger partial charge in [-0.15, -0.1) is 0 Å². The van der Waals surface area contributed by atoms with E-state index in [1.807, 2.05) is 36.4 Å². The summed E-state index contributed by atoms with van der Waals surface area (Å²) in [7, 11) is 0. The Morgan fingerprint density at radius 2 is 1.65 bits per heavy atom. The van der Waals surface area contributed by atoms with E-state index in [1.165, 1.54) is 16.9 Å². The van der Waals surface area contributed by atoms with Crippen LogP contribution in [0.2, 0.25) is 0 Å². The quantitative estimate of drug-likeness (QED) is 0.624. The molecule has 0 N–H and O–H groups in total. The lowest BCUT2D eigenvalue weighted by Crippen LogP contribution is -2.40. The van der Waals surface area contributed by atoms with E-state index in [0.29, 0.717) is 0 Å². The number of aromatic nitrogens is 2. The minimum Gasteiger partial charge on any atom is -0.217 e. The SMILES string of the molecule is [2H]C1(c2ccccc2)C=Cc2c(C)n(-c3ccccc3C)c(C)[n+]21. The normalized spacial score (nSPS) is 19.7. The first-order valence-electron chi connectivity index (χ1n) is 8.49. The zero-order valence-electron chi connectivity index (χ0n) is 14.7. The van der Waals surface area contributed by atoms with Crippen LogP contribution in [0.5, 0.6) is 0 Å². The smallest absolute Gasteiger partial charge is 0.217 e. The van der Waals surface area contributed by atoms with Crippen LogP contribution in [-0.2, 0) is 0 Å². The van der Waals surface area contributed by atoms with Gasteiger partial charge >= 0.3 is 0 Å². The third kappa shape index (κ3) is 2.06. The van der Waals surface area contributed by atoms with Gasteiger partial charge in [-0.3, -0.25) is 0 Å². The Morgan fingerprint density at radius 1 is 0.957 bits per heavy atom. The molecule has 0 spiro atoms. The Morgan fingerprint density at radius 3 is 2.39 bits per heavy atom. The molecule has 23 heavy (non-hydrogen) atoms. The summed E-state index contributed by atoms with van der Waals surface area (Å²) < 4.78 is 13.5. The molecule has 114 valence electrons. The Hall–Kier alpha value is -2.61. The van der Waals surface area contributed by atoms with Gasteiger partial charge in [-0.25, -0.2) is 4.57 Å². The standard InChI is InChI=1S/C21H21N2/c1-15-9-7-8-12-19(15)22-16(2)20-13-14-21(23(20)17(22)3)18-10-5-4-6-11-18/h4-14,21H,1-3H3/q+1/i21D. The largest absolute Gasteiger partial charge is 0.259 e. The summed E-state index contributed by atoms with van der Waals surface area (Å²) in [6, 6.07) is 17.6. The van der Waals surface area contributed by atoms with E-state index in [4.69, 9.17) is 1.37 Å². The maximum atomic E-state index is 9.13. The number of benzene rings is 2. The molecule has 2 heterocycles. The van der Waals surface area contributed by atoms with Crippen LogP contribution in [0.15, 0.2) is 60.7 Å². The van der Waals surface area contributed by atoms with E-state index in [9.17, 15) is 0 Å². The highest BCUT2D eigenvalue weighted by Gasteiger charge is 2.33. The van der Waals surface area contributed by atoms with Crippen LogP contribution in [0.25, 0.3) is 11.8 Å². The lowest BCUT2D eigenvalue weighted by atomic mass is 10.1. The van der Waals surface area contributed by atoms with Crippen molar-refractivity contribution in [2.45, 2.75) is 26.8 Å². The van der Waals surface area contributed by atoms with Gasteiger partial charge in [0, 0.05) is 19.4 Å². The average molecular weight is 302 g/mol. The molecule has 3 aromatic rings. The van der Waals surface area contributed by atoms with E-state index in [1.54, 1.807) is 0 Å². The topological polar surface area (TPSA) is 8.81 Å². The third-order valence-corrected chi connectivity index (χ3v) is 4.66. The van der Waals surface area contributed by atoms with E-state index in [2.05, 4.69) is 60.2 Å². The van der Waals surface area contributed by atoms with Crippen molar-refractivity contribution in [3.63, 3.8) is 0 Å². The summed E-state index contributed by atoms with van der Waals surface area (Å²) in [6.07, 6.45) is 4.07. The number of imidazole rings is 1. The summed E-state index contributed by atoms with van der Waals surface area (Å²) in [6.45, 7) is 6.36. The van der Waals surface area contributed by atoms with Crippen LogP contribution < -0.4 is 4.57 Å². The van der Waals surface area contributed by atoms with Crippen molar-refractivity contribution >= 4 is 6.08 Å².